The molecule has 0 saturated carbocycles. The molecule has 2 saturated heterocycles. The van der Waals surface area contributed by atoms with Crippen LogP contribution in [0.15, 0.2) is 68.4 Å². The summed E-state index contributed by atoms with van der Waals surface area (Å²) in [6, 6.07) is 15.7. The number of carbonyl (C=O) groups excluding carboxylic acids is 2. The maximum absolute atomic E-state index is 13.7. The number of aryl methyl sites for hydroxylation is 4. The van der Waals surface area contributed by atoms with E-state index in [0.29, 0.717) is 52.1 Å². The smallest absolute Gasteiger partial charge is 0.420 e. The Labute approximate surface area is 405 Å². The Morgan fingerprint density at radius 1 is 0.912 bits per heavy atom. The molecular weight excluding hydrogens is 947 g/mol. The fourth-order valence-electron chi connectivity index (χ4n) is 9.42. The van der Waals surface area contributed by atoms with E-state index in [4.69, 9.17) is 19.1 Å². The van der Waals surface area contributed by atoms with Gasteiger partial charge in [0.1, 0.15) is 24.8 Å². The lowest BCUT2D eigenvalue weighted by molar-refractivity contribution is -0.135. The summed E-state index contributed by atoms with van der Waals surface area (Å²) < 4.78 is 27.7. The Kier molecular flexibility index (Phi) is 15.3. The van der Waals surface area contributed by atoms with E-state index in [9.17, 15) is 18.9 Å². The predicted octanol–water partition coefficient (Wildman–Crippen LogP) is 8.02. The summed E-state index contributed by atoms with van der Waals surface area (Å²) in [5.74, 6) is 0.276. The van der Waals surface area contributed by atoms with Gasteiger partial charge in [0.25, 0.3) is 0 Å². The lowest BCUT2D eigenvalue weighted by Gasteiger charge is -2.35. The minimum atomic E-state index is -2.74. The summed E-state index contributed by atoms with van der Waals surface area (Å²) in [6.07, 6.45) is 7.41. The first kappa shape index (κ1) is 48.8. The molecular formula is C50H62BrN10O6P. The van der Waals surface area contributed by atoms with Crippen LogP contribution in [0.25, 0.3) is 22.0 Å². The number of hydrogen-bond acceptors (Lipinski definition) is 14. The van der Waals surface area contributed by atoms with E-state index >= 15 is 0 Å². The van der Waals surface area contributed by atoms with Gasteiger partial charge >= 0.3 is 5.76 Å². The number of imide groups is 1. The topological polar surface area (TPSA) is 198 Å². The lowest BCUT2D eigenvalue weighted by Crippen LogP contribution is -2.44. The molecule has 2 amide bonds. The van der Waals surface area contributed by atoms with E-state index in [1.54, 1.807) is 19.5 Å². The summed E-state index contributed by atoms with van der Waals surface area (Å²) in [4.78, 5) is 54.0. The van der Waals surface area contributed by atoms with Crippen LogP contribution < -0.4 is 47.3 Å². The molecule has 360 valence electrons. The fraction of sp³-hybridized carbons (Fsp3) is 0.440. The number of halogens is 1. The second-order valence-electron chi connectivity index (χ2n) is 18.0. The van der Waals surface area contributed by atoms with Crippen LogP contribution in [-0.4, -0.2) is 90.0 Å². The lowest BCUT2D eigenvalue weighted by atomic mass is 10.0. The molecule has 3 aromatic carbocycles. The number of hydrogen-bond donors (Lipinski definition) is 5. The number of anilines is 5. The number of aromatic nitrogens is 4. The number of ether oxygens (including phenoxy) is 1. The molecule has 2 aliphatic heterocycles. The van der Waals surface area contributed by atoms with Gasteiger partial charge in [0.2, 0.25) is 17.8 Å². The van der Waals surface area contributed by atoms with Crippen LogP contribution >= 0.6 is 23.1 Å². The summed E-state index contributed by atoms with van der Waals surface area (Å²) in [5, 5.41) is 18.1. The van der Waals surface area contributed by atoms with Gasteiger partial charge in [-0.25, -0.2) is 9.78 Å². The highest BCUT2D eigenvalue weighted by atomic mass is 79.9. The first-order chi connectivity index (χ1) is 32.7. The highest BCUT2D eigenvalue weighted by Crippen LogP contribution is 2.42. The van der Waals surface area contributed by atoms with Crippen molar-refractivity contribution in [2.75, 3.05) is 68.2 Å². The van der Waals surface area contributed by atoms with Crippen LogP contribution in [0.4, 0.5) is 28.8 Å². The number of pyridine rings is 1. The molecule has 5 N–H and O–H groups in total. The zero-order valence-electron chi connectivity index (χ0n) is 39.8. The molecule has 18 heteroatoms. The number of carbonyl (C=O) groups is 2. The molecule has 8 rings (SSSR count). The second-order valence-corrected chi connectivity index (χ2v) is 22.0. The quantitative estimate of drug-likeness (QED) is 0.0297. The van der Waals surface area contributed by atoms with Crippen molar-refractivity contribution in [1.82, 2.24) is 35.5 Å². The van der Waals surface area contributed by atoms with Crippen LogP contribution in [0.5, 0.6) is 5.75 Å². The van der Waals surface area contributed by atoms with Gasteiger partial charge in [-0.05, 0) is 142 Å². The molecule has 5 heterocycles. The molecule has 68 heavy (non-hydrogen) atoms. The maximum Gasteiger partial charge on any atom is 0.420 e. The van der Waals surface area contributed by atoms with E-state index in [0.717, 1.165) is 109 Å². The molecule has 0 radical (unpaired) electrons. The summed E-state index contributed by atoms with van der Waals surface area (Å²) >= 11 is 3.63. The van der Waals surface area contributed by atoms with Gasteiger partial charge in [-0.2, -0.15) is 4.98 Å². The second kappa shape index (κ2) is 21.4. The fourth-order valence-corrected chi connectivity index (χ4v) is 11.2. The van der Waals surface area contributed by atoms with Crippen LogP contribution in [0.1, 0.15) is 81.3 Å². The van der Waals surface area contributed by atoms with Crippen molar-refractivity contribution in [3.63, 3.8) is 0 Å². The van der Waals surface area contributed by atoms with Crippen molar-refractivity contribution in [3.05, 3.63) is 92.1 Å². The molecule has 2 fully saturated rings. The normalized spacial score (nSPS) is 15.9. The Balaban J connectivity index is 0.847. The third-order valence-electron chi connectivity index (χ3n) is 12.7. The minimum absolute atomic E-state index is 0.184. The number of nitrogens with one attached hydrogen (secondary N) is 5. The standard InChI is InChI=1S/C50H62BrN10O6P/c1-7-31-27-39(57-49-54-29-36(51)47(59-49)56-38-15-14-37-35(46(38)68(5,6)65)13-12-33(8-2)55-37)43(66-9-3)28-41(31)60-23-18-34(19-24-60)53-22-21-52-20-10-11-32-25-30(4)26-42-45(32)67-50(64)61(42)40-16-17-44(62)58-48(40)63/h12-15,25-29,34,40,52-53H,7-11,16-24H2,1-6H3,(H,58,62,63)(H2,54,56,57,59). The van der Waals surface area contributed by atoms with Crippen LogP contribution in [0.2, 0.25) is 0 Å². The molecule has 0 spiro atoms. The summed E-state index contributed by atoms with van der Waals surface area (Å²) in [6.45, 7) is 16.6. The molecule has 0 bridgehead atoms. The number of fused-ring (bicyclic) bond motifs is 2. The van der Waals surface area contributed by atoms with E-state index in [2.05, 4.69) is 78.4 Å². The molecule has 1 atom stereocenters. The average Bonchev–Trinajstić information content (AvgIpc) is 3.64. The van der Waals surface area contributed by atoms with Gasteiger partial charge in [-0.15, -0.1) is 0 Å². The monoisotopic (exact) mass is 1010 g/mol. The minimum Gasteiger partial charge on any atom is -0.492 e. The summed E-state index contributed by atoms with van der Waals surface area (Å²) in [5.41, 5.74) is 8.68. The Bertz CT molecular complexity index is 2940. The van der Waals surface area contributed by atoms with Crippen LogP contribution in [0, 0.1) is 6.92 Å². The first-order valence-corrected chi connectivity index (χ1v) is 27.2. The number of benzene rings is 3. The van der Waals surface area contributed by atoms with Crippen molar-refractivity contribution < 1.29 is 23.3 Å². The third-order valence-corrected chi connectivity index (χ3v) is 14.9. The number of oxazole rings is 1. The number of rotatable bonds is 19. The molecule has 2 aliphatic rings. The highest BCUT2D eigenvalue weighted by Gasteiger charge is 2.32. The largest absolute Gasteiger partial charge is 0.492 e. The van der Waals surface area contributed by atoms with Crippen LogP contribution in [0.3, 0.4) is 0 Å². The van der Waals surface area contributed by atoms with E-state index in [1.165, 1.54) is 15.8 Å². The molecule has 1 unspecified atom stereocenters. The van der Waals surface area contributed by atoms with E-state index in [1.807, 2.05) is 50.2 Å². The van der Waals surface area contributed by atoms with Crippen LogP contribution in [-0.2, 0) is 33.4 Å². The molecule has 6 aromatic rings. The zero-order valence-corrected chi connectivity index (χ0v) is 42.2. The van der Waals surface area contributed by atoms with Gasteiger partial charge < -0.3 is 39.9 Å². The van der Waals surface area contributed by atoms with Gasteiger partial charge in [0.15, 0.2) is 5.58 Å². The molecule has 0 aliphatic carbocycles. The number of piperidine rings is 2. The third kappa shape index (κ3) is 11.0. The van der Waals surface area contributed by atoms with E-state index < -0.39 is 24.8 Å². The van der Waals surface area contributed by atoms with Crippen molar-refractivity contribution in [1.29, 1.82) is 0 Å². The average molecular weight is 1010 g/mol. The molecule has 3 aromatic heterocycles. The van der Waals surface area contributed by atoms with Crippen molar-refractivity contribution >= 4 is 91.0 Å². The number of nitrogens with zero attached hydrogens (tertiary/aromatic N) is 5. The highest BCUT2D eigenvalue weighted by molar-refractivity contribution is 9.10. The van der Waals surface area contributed by atoms with Crippen molar-refractivity contribution in [2.24, 2.45) is 0 Å². The van der Waals surface area contributed by atoms with Crippen molar-refractivity contribution in [2.45, 2.75) is 91.1 Å². The Hall–Kier alpha value is -5.61. The van der Waals surface area contributed by atoms with Gasteiger partial charge in [-0.1, -0.05) is 26.0 Å². The first-order valence-electron chi connectivity index (χ1n) is 23.8. The maximum atomic E-state index is 13.7. The van der Waals surface area contributed by atoms with Gasteiger partial charge in [-0.3, -0.25) is 24.5 Å². The number of amides is 2. The van der Waals surface area contributed by atoms with Gasteiger partial charge in [0, 0.05) is 73.0 Å². The Morgan fingerprint density at radius 3 is 2.46 bits per heavy atom. The van der Waals surface area contributed by atoms with E-state index in [-0.39, 0.29) is 18.7 Å². The predicted molar refractivity (Wildman–Crippen MR) is 275 cm³/mol. The van der Waals surface area contributed by atoms with Gasteiger partial charge in [0.05, 0.1) is 33.5 Å². The molecule has 16 nitrogen and oxygen atoms in total. The van der Waals surface area contributed by atoms with Crippen molar-refractivity contribution in [3.8, 4) is 5.75 Å². The Morgan fingerprint density at radius 2 is 1.72 bits per heavy atom. The zero-order chi connectivity index (χ0) is 48.1. The summed E-state index contributed by atoms with van der Waals surface area (Å²) in [7, 11) is -2.74. The SMILES string of the molecule is CCOc1cc(N2CCC(NCCNCCCc3cc(C)cc4c3oc(=O)n4C3CCC(=O)NC3=O)CC2)c(CC)cc1Nc1ncc(Br)c(Nc2ccc3nc(CC)ccc3c2P(C)(C)=O)n1.